The molecule has 3 aliphatic rings. The number of nitrogens with zero attached hydrogens (tertiary/aromatic N) is 1. The largest absolute Gasteiger partial charge is 0.462 e. The summed E-state index contributed by atoms with van der Waals surface area (Å²) in [6, 6.07) is 18.7. The van der Waals surface area contributed by atoms with E-state index in [2.05, 4.69) is 0 Å². The number of anilines is 1. The van der Waals surface area contributed by atoms with Crippen molar-refractivity contribution in [2.24, 2.45) is 11.8 Å². The number of amides is 2. The Hall–Kier alpha value is -4.14. The Balaban J connectivity index is 1.47. The number of ether oxygens (including phenoxy) is 2. The highest BCUT2D eigenvalue weighted by molar-refractivity contribution is 6.37. The highest BCUT2D eigenvalue weighted by Gasteiger charge is 2.74. The number of ketones is 2. The fourth-order valence-electron chi connectivity index (χ4n) is 5.72. The van der Waals surface area contributed by atoms with Crippen molar-refractivity contribution in [3.63, 3.8) is 0 Å². The van der Waals surface area contributed by atoms with Crippen molar-refractivity contribution in [2.45, 2.75) is 18.6 Å². The van der Waals surface area contributed by atoms with E-state index in [1.54, 1.807) is 43.3 Å². The smallest absolute Gasteiger partial charge is 0.338 e. The Kier molecular flexibility index (Phi) is 5.55. The van der Waals surface area contributed by atoms with Crippen LogP contribution in [0.25, 0.3) is 0 Å². The lowest BCUT2D eigenvalue weighted by molar-refractivity contribution is -0.127. The summed E-state index contributed by atoms with van der Waals surface area (Å²) in [6.07, 6.45) is -1.07. The summed E-state index contributed by atoms with van der Waals surface area (Å²) in [6.45, 7) is 1.88. The second kappa shape index (κ2) is 8.72. The fourth-order valence-corrected chi connectivity index (χ4v) is 5.92. The summed E-state index contributed by atoms with van der Waals surface area (Å²) in [5.74, 6) is -5.67. The van der Waals surface area contributed by atoms with Crippen molar-refractivity contribution in [2.75, 3.05) is 11.5 Å². The maximum Gasteiger partial charge on any atom is 0.338 e. The number of fused-ring (bicyclic) bond motifs is 3. The molecule has 0 radical (unpaired) electrons. The minimum atomic E-state index is -2.17. The van der Waals surface area contributed by atoms with Gasteiger partial charge in [0, 0.05) is 16.1 Å². The zero-order valence-electron chi connectivity index (χ0n) is 20.1. The third-order valence-electron chi connectivity index (χ3n) is 7.33. The molecule has 2 aliphatic heterocycles. The molecular weight excluding hydrogens is 510 g/mol. The lowest BCUT2D eigenvalue weighted by Crippen LogP contribution is -2.51. The third kappa shape index (κ3) is 3.23. The minimum absolute atomic E-state index is 0.153. The lowest BCUT2D eigenvalue weighted by Gasteiger charge is -2.27. The van der Waals surface area contributed by atoms with Crippen molar-refractivity contribution in [1.29, 1.82) is 0 Å². The van der Waals surface area contributed by atoms with Gasteiger partial charge in [-0.1, -0.05) is 48.0 Å². The van der Waals surface area contributed by atoms with Gasteiger partial charge in [0.05, 0.1) is 35.8 Å². The van der Waals surface area contributed by atoms with Gasteiger partial charge in [-0.15, -0.1) is 0 Å². The third-order valence-corrected chi connectivity index (χ3v) is 7.57. The molecule has 2 amide bonds. The zero-order chi connectivity index (χ0) is 26.8. The molecule has 0 N–H and O–H groups in total. The molecule has 38 heavy (non-hydrogen) atoms. The van der Waals surface area contributed by atoms with Gasteiger partial charge in [0.25, 0.3) is 0 Å². The van der Waals surface area contributed by atoms with E-state index < -0.39 is 52.9 Å². The van der Waals surface area contributed by atoms with Crippen LogP contribution in [0.1, 0.15) is 49.7 Å². The maximum atomic E-state index is 14.0. The van der Waals surface area contributed by atoms with Crippen molar-refractivity contribution < 1.29 is 33.4 Å². The molecule has 1 aliphatic carbocycles. The molecule has 6 rings (SSSR count). The number of benzene rings is 3. The molecule has 2 saturated heterocycles. The monoisotopic (exact) mass is 529 g/mol. The summed E-state index contributed by atoms with van der Waals surface area (Å²) < 4.78 is 11.2. The standard InChI is InChI=1S/C29H20ClNO7/c1-2-37-28(36)15-10-12-18(13-11-15)31-26(34)21-22(27(31)35)29(38-23(21)16-6-5-7-17(30)14-16)24(32)19-8-3-4-9-20(19)25(29)33/h3-14,21-23H,2H2,1H3/t21-,22+,23-/m0/s1. The molecule has 3 atom stereocenters. The Morgan fingerprint density at radius 3 is 2.18 bits per heavy atom. The molecule has 2 fully saturated rings. The first-order valence-electron chi connectivity index (χ1n) is 12.1. The van der Waals surface area contributed by atoms with Crippen molar-refractivity contribution in [3.05, 3.63) is 100 Å². The molecule has 190 valence electrons. The first-order valence-corrected chi connectivity index (χ1v) is 12.4. The number of rotatable bonds is 4. The SMILES string of the molecule is CCOC(=O)c1ccc(N2C(=O)[C@@H]3[C@H](c4cccc(Cl)c4)OC4(C(=O)c5ccccc5C4=O)[C@H]3C2=O)cc1. The van der Waals surface area contributed by atoms with E-state index in [1.807, 2.05) is 0 Å². The van der Waals surface area contributed by atoms with Gasteiger partial charge in [-0.05, 0) is 48.9 Å². The Bertz CT molecular complexity index is 1510. The quantitative estimate of drug-likeness (QED) is 0.283. The number of hydrogen-bond acceptors (Lipinski definition) is 7. The summed E-state index contributed by atoms with van der Waals surface area (Å²) in [7, 11) is 0. The number of imide groups is 1. The molecule has 3 aromatic rings. The second-order valence-corrected chi connectivity index (χ2v) is 9.75. The van der Waals surface area contributed by atoms with E-state index in [4.69, 9.17) is 21.1 Å². The van der Waals surface area contributed by atoms with Gasteiger partial charge in [-0.2, -0.15) is 0 Å². The summed E-state index contributed by atoms with van der Waals surface area (Å²) in [5, 5.41) is 0.374. The van der Waals surface area contributed by atoms with Crippen LogP contribution in [-0.2, 0) is 19.1 Å². The summed E-state index contributed by atoms with van der Waals surface area (Å²) >= 11 is 6.21. The number of halogens is 1. The predicted octanol–water partition coefficient (Wildman–Crippen LogP) is 4.21. The Morgan fingerprint density at radius 1 is 0.921 bits per heavy atom. The van der Waals surface area contributed by atoms with E-state index in [-0.39, 0.29) is 29.0 Å². The molecule has 9 heteroatoms. The lowest BCUT2D eigenvalue weighted by atomic mass is 9.77. The average Bonchev–Trinajstić information content (AvgIpc) is 3.49. The minimum Gasteiger partial charge on any atom is -0.462 e. The van der Waals surface area contributed by atoms with Gasteiger partial charge in [-0.25, -0.2) is 9.69 Å². The molecule has 0 aromatic heterocycles. The molecule has 1 spiro atoms. The van der Waals surface area contributed by atoms with Crippen molar-refractivity contribution in [1.82, 2.24) is 0 Å². The average molecular weight is 530 g/mol. The van der Waals surface area contributed by atoms with E-state index in [1.165, 1.54) is 36.4 Å². The van der Waals surface area contributed by atoms with Crippen LogP contribution in [0.15, 0.2) is 72.8 Å². The number of carbonyl (C=O) groups excluding carboxylic acids is 5. The van der Waals surface area contributed by atoms with E-state index in [0.29, 0.717) is 10.6 Å². The summed E-state index contributed by atoms with van der Waals surface area (Å²) in [4.78, 5) is 68.5. The topological polar surface area (TPSA) is 107 Å². The van der Waals surface area contributed by atoms with Gasteiger partial charge < -0.3 is 9.47 Å². The highest BCUT2D eigenvalue weighted by Crippen LogP contribution is 2.57. The van der Waals surface area contributed by atoms with Crippen LogP contribution in [0.4, 0.5) is 5.69 Å². The van der Waals surface area contributed by atoms with Crippen LogP contribution in [0.3, 0.4) is 0 Å². The van der Waals surface area contributed by atoms with E-state index >= 15 is 0 Å². The van der Waals surface area contributed by atoms with E-state index in [9.17, 15) is 24.0 Å². The second-order valence-electron chi connectivity index (χ2n) is 9.32. The van der Waals surface area contributed by atoms with Crippen molar-refractivity contribution >= 4 is 46.6 Å². The number of Topliss-reactive ketones (excluding diaryl/α,β-unsaturated/α-hetero) is 2. The van der Waals surface area contributed by atoms with Crippen LogP contribution in [-0.4, -0.2) is 41.6 Å². The van der Waals surface area contributed by atoms with Gasteiger partial charge in [0.1, 0.15) is 0 Å². The molecule has 2 heterocycles. The molecule has 3 aromatic carbocycles. The molecule has 0 saturated carbocycles. The van der Waals surface area contributed by atoms with Crippen LogP contribution < -0.4 is 4.90 Å². The fraction of sp³-hybridized carbons (Fsp3) is 0.207. The highest BCUT2D eigenvalue weighted by atomic mass is 35.5. The molecule has 0 bridgehead atoms. The molecule has 0 unspecified atom stereocenters. The Labute approximate surface area is 222 Å². The molecule has 8 nitrogen and oxygen atoms in total. The number of carbonyl (C=O) groups is 5. The van der Waals surface area contributed by atoms with E-state index in [0.717, 1.165) is 4.90 Å². The first-order chi connectivity index (χ1) is 18.3. The normalized spacial score (nSPS) is 23.2. The predicted molar refractivity (Wildman–Crippen MR) is 135 cm³/mol. The van der Waals surface area contributed by atoms with Gasteiger partial charge in [0.2, 0.25) is 29.0 Å². The maximum absolute atomic E-state index is 14.0. The molecular formula is C29H20ClNO7. The first kappa shape index (κ1) is 24.2. The van der Waals surface area contributed by atoms with Gasteiger partial charge in [0.15, 0.2) is 0 Å². The summed E-state index contributed by atoms with van der Waals surface area (Å²) in [5.41, 5.74) is -0.934. The van der Waals surface area contributed by atoms with Crippen LogP contribution >= 0.6 is 11.6 Å². The number of hydrogen-bond donors (Lipinski definition) is 0. The van der Waals surface area contributed by atoms with Gasteiger partial charge >= 0.3 is 5.97 Å². The zero-order valence-corrected chi connectivity index (χ0v) is 20.8. The van der Waals surface area contributed by atoms with Crippen molar-refractivity contribution in [3.8, 4) is 0 Å². The van der Waals surface area contributed by atoms with Gasteiger partial charge in [-0.3, -0.25) is 19.2 Å². The Morgan fingerprint density at radius 2 is 1.58 bits per heavy atom. The van der Waals surface area contributed by atoms with Crippen LogP contribution in [0.2, 0.25) is 5.02 Å². The number of esters is 1. The van der Waals surface area contributed by atoms with Crippen LogP contribution in [0, 0.1) is 11.8 Å². The van der Waals surface area contributed by atoms with Crippen LogP contribution in [0.5, 0.6) is 0 Å².